The molecule has 0 spiro atoms. The average molecular weight is 181 g/mol. The first-order valence-corrected chi connectivity index (χ1v) is 4.66. The zero-order chi connectivity index (χ0) is 9.84. The lowest BCUT2D eigenvalue weighted by atomic mass is 9.93. The highest BCUT2D eigenvalue weighted by Crippen LogP contribution is 2.21. The fraction of sp³-hybridized carbons (Fsp3) is 0.455. The number of nitrogens with two attached hydrogens (primary N) is 1. The van der Waals surface area contributed by atoms with Crippen LogP contribution in [0.1, 0.15) is 31.9 Å². The predicted molar refractivity (Wildman–Crippen MR) is 52.8 cm³/mol. The number of rotatable bonds is 3. The van der Waals surface area contributed by atoms with Crippen LogP contribution in [0.25, 0.3) is 0 Å². The molecule has 0 aliphatic rings. The molecule has 0 aliphatic carbocycles. The van der Waals surface area contributed by atoms with Gasteiger partial charge in [-0.25, -0.2) is 4.39 Å². The van der Waals surface area contributed by atoms with Gasteiger partial charge in [-0.05, 0) is 23.6 Å². The molecule has 1 unspecified atom stereocenters. The summed E-state index contributed by atoms with van der Waals surface area (Å²) in [4.78, 5) is 0. The van der Waals surface area contributed by atoms with E-state index < -0.39 is 0 Å². The van der Waals surface area contributed by atoms with Crippen LogP contribution in [0.15, 0.2) is 24.3 Å². The third kappa shape index (κ3) is 2.52. The minimum Gasteiger partial charge on any atom is -0.324 e. The first-order chi connectivity index (χ1) is 6.15. The van der Waals surface area contributed by atoms with E-state index in [0.29, 0.717) is 5.92 Å². The highest BCUT2D eigenvalue weighted by Gasteiger charge is 2.12. The number of benzene rings is 1. The molecule has 1 aromatic carbocycles. The summed E-state index contributed by atoms with van der Waals surface area (Å²) < 4.78 is 12.6. The molecular weight excluding hydrogens is 165 g/mol. The quantitative estimate of drug-likeness (QED) is 0.762. The molecule has 0 saturated heterocycles. The van der Waals surface area contributed by atoms with Gasteiger partial charge in [-0.1, -0.05) is 32.4 Å². The lowest BCUT2D eigenvalue weighted by molar-refractivity contribution is 0.456. The molecule has 0 radical (unpaired) electrons. The van der Waals surface area contributed by atoms with E-state index in [0.717, 1.165) is 12.0 Å². The standard InChI is InChI=1S/C11H16FN/c1-3-8(2)11(13)9-4-6-10(12)7-5-9/h4-8,11H,3,13H2,1-2H3/t8?,11-/m1/s1. The van der Waals surface area contributed by atoms with Gasteiger partial charge in [0.2, 0.25) is 0 Å². The van der Waals surface area contributed by atoms with Gasteiger partial charge < -0.3 is 5.73 Å². The molecule has 0 saturated carbocycles. The maximum atomic E-state index is 12.6. The van der Waals surface area contributed by atoms with Crippen molar-refractivity contribution in [3.63, 3.8) is 0 Å². The topological polar surface area (TPSA) is 26.0 Å². The van der Waals surface area contributed by atoms with E-state index in [1.165, 1.54) is 12.1 Å². The van der Waals surface area contributed by atoms with E-state index in [1.807, 2.05) is 0 Å². The summed E-state index contributed by atoms with van der Waals surface area (Å²) in [6, 6.07) is 6.44. The lowest BCUT2D eigenvalue weighted by Crippen LogP contribution is -2.18. The Morgan fingerprint density at radius 3 is 2.31 bits per heavy atom. The monoisotopic (exact) mass is 181 g/mol. The Hall–Kier alpha value is -0.890. The molecule has 0 bridgehead atoms. The Labute approximate surface area is 78.8 Å². The van der Waals surface area contributed by atoms with Crippen LogP contribution in [-0.4, -0.2) is 0 Å². The molecule has 1 nitrogen and oxygen atoms in total. The molecule has 2 N–H and O–H groups in total. The van der Waals surface area contributed by atoms with Crippen LogP contribution >= 0.6 is 0 Å². The molecule has 2 atom stereocenters. The van der Waals surface area contributed by atoms with Gasteiger partial charge in [-0.3, -0.25) is 0 Å². The van der Waals surface area contributed by atoms with Crippen LogP contribution in [0.4, 0.5) is 4.39 Å². The second-order valence-electron chi connectivity index (χ2n) is 3.46. The predicted octanol–water partition coefficient (Wildman–Crippen LogP) is 2.87. The van der Waals surface area contributed by atoms with Crippen molar-refractivity contribution in [2.45, 2.75) is 26.3 Å². The highest BCUT2D eigenvalue weighted by atomic mass is 19.1. The van der Waals surface area contributed by atoms with Crippen LogP contribution in [0.5, 0.6) is 0 Å². The zero-order valence-electron chi connectivity index (χ0n) is 8.13. The van der Waals surface area contributed by atoms with Crippen molar-refractivity contribution in [3.05, 3.63) is 35.6 Å². The fourth-order valence-electron chi connectivity index (χ4n) is 1.27. The fourth-order valence-corrected chi connectivity index (χ4v) is 1.27. The summed E-state index contributed by atoms with van der Waals surface area (Å²) >= 11 is 0. The summed E-state index contributed by atoms with van der Waals surface area (Å²) in [6.07, 6.45) is 1.04. The van der Waals surface area contributed by atoms with Gasteiger partial charge in [-0.15, -0.1) is 0 Å². The Morgan fingerprint density at radius 2 is 1.85 bits per heavy atom. The normalized spacial score (nSPS) is 15.4. The van der Waals surface area contributed by atoms with E-state index >= 15 is 0 Å². The van der Waals surface area contributed by atoms with Crippen LogP contribution in [0.3, 0.4) is 0 Å². The van der Waals surface area contributed by atoms with Crippen LogP contribution < -0.4 is 5.73 Å². The van der Waals surface area contributed by atoms with E-state index in [-0.39, 0.29) is 11.9 Å². The van der Waals surface area contributed by atoms with Crippen LogP contribution in [-0.2, 0) is 0 Å². The zero-order valence-corrected chi connectivity index (χ0v) is 8.13. The van der Waals surface area contributed by atoms with Crippen molar-refractivity contribution in [1.29, 1.82) is 0 Å². The summed E-state index contributed by atoms with van der Waals surface area (Å²) in [5, 5.41) is 0. The van der Waals surface area contributed by atoms with E-state index in [9.17, 15) is 4.39 Å². The van der Waals surface area contributed by atoms with E-state index in [1.54, 1.807) is 12.1 Å². The molecule has 0 heterocycles. The van der Waals surface area contributed by atoms with Crippen molar-refractivity contribution in [3.8, 4) is 0 Å². The molecule has 0 aromatic heterocycles. The lowest BCUT2D eigenvalue weighted by Gasteiger charge is -2.18. The third-order valence-electron chi connectivity index (χ3n) is 2.51. The second-order valence-corrected chi connectivity index (χ2v) is 3.46. The third-order valence-corrected chi connectivity index (χ3v) is 2.51. The van der Waals surface area contributed by atoms with Crippen molar-refractivity contribution >= 4 is 0 Å². The number of halogens is 1. The van der Waals surface area contributed by atoms with Crippen molar-refractivity contribution in [1.82, 2.24) is 0 Å². The maximum absolute atomic E-state index is 12.6. The summed E-state index contributed by atoms with van der Waals surface area (Å²) in [5.74, 6) is 0.227. The maximum Gasteiger partial charge on any atom is 0.123 e. The van der Waals surface area contributed by atoms with E-state index in [2.05, 4.69) is 13.8 Å². The summed E-state index contributed by atoms with van der Waals surface area (Å²) in [6.45, 7) is 4.21. The average Bonchev–Trinajstić information content (AvgIpc) is 2.17. The second kappa shape index (κ2) is 4.38. The van der Waals surface area contributed by atoms with Gasteiger partial charge in [0.25, 0.3) is 0 Å². The Morgan fingerprint density at radius 1 is 1.31 bits per heavy atom. The van der Waals surface area contributed by atoms with Gasteiger partial charge in [-0.2, -0.15) is 0 Å². The van der Waals surface area contributed by atoms with Gasteiger partial charge in [0.15, 0.2) is 0 Å². The Balaban J connectivity index is 2.77. The van der Waals surface area contributed by atoms with Crippen molar-refractivity contribution in [2.24, 2.45) is 11.7 Å². The van der Waals surface area contributed by atoms with Crippen molar-refractivity contribution < 1.29 is 4.39 Å². The largest absolute Gasteiger partial charge is 0.324 e. The molecule has 1 aromatic rings. The van der Waals surface area contributed by atoms with Gasteiger partial charge in [0.1, 0.15) is 5.82 Å². The Kier molecular flexibility index (Phi) is 3.43. The number of hydrogen-bond acceptors (Lipinski definition) is 1. The van der Waals surface area contributed by atoms with Gasteiger partial charge in [0, 0.05) is 6.04 Å². The molecule has 13 heavy (non-hydrogen) atoms. The van der Waals surface area contributed by atoms with Gasteiger partial charge >= 0.3 is 0 Å². The molecule has 72 valence electrons. The molecule has 2 heteroatoms. The highest BCUT2D eigenvalue weighted by molar-refractivity contribution is 5.19. The first-order valence-electron chi connectivity index (χ1n) is 4.66. The number of hydrogen-bond donors (Lipinski definition) is 1. The SMILES string of the molecule is CCC(C)[C@@H](N)c1ccc(F)cc1. The van der Waals surface area contributed by atoms with Crippen molar-refractivity contribution in [2.75, 3.05) is 0 Å². The van der Waals surface area contributed by atoms with Gasteiger partial charge in [0.05, 0.1) is 0 Å². The minimum atomic E-state index is -0.208. The summed E-state index contributed by atoms with van der Waals surface area (Å²) in [7, 11) is 0. The van der Waals surface area contributed by atoms with E-state index in [4.69, 9.17) is 5.73 Å². The minimum absolute atomic E-state index is 0.0191. The summed E-state index contributed by atoms with van der Waals surface area (Å²) in [5.41, 5.74) is 6.99. The molecule has 0 aliphatic heterocycles. The Bertz CT molecular complexity index is 255. The first kappa shape index (κ1) is 10.2. The van der Waals surface area contributed by atoms with Crippen LogP contribution in [0.2, 0.25) is 0 Å². The van der Waals surface area contributed by atoms with Crippen LogP contribution in [0, 0.1) is 11.7 Å². The smallest absolute Gasteiger partial charge is 0.123 e. The molecular formula is C11H16FN. The molecule has 0 amide bonds. The molecule has 1 rings (SSSR count). The molecule has 0 fully saturated rings.